The van der Waals surface area contributed by atoms with Crippen LogP contribution < -0.4 is 20.5 Å². The first-order valence-corrected chi connectivity index (χ1v) is 7.06. The van der Waals surface area contributed by atoms with Crippen LogP contribution in [0.2, 0.25) is 0 Å². The van der Waals surface area contributed by atoms with E-state index >= 15 is 0 Å². The lowest BCUT2D eigenvalue weighted by Crippen LogP contribution is -2.46. The van der Waals surface area contributed by atoms with Crippen molar-refractivity contribution < 1.29 is 14.3 Å². The van der Waals surface area contributed by atoms with Gasteiger partial charge in [-0.25, -0.2) is 0 Å². The maximum Gasteiger partial charge on any atom is 0.253 e. The number of hydrogen-bond acceptors (Lipinski definition) is 5. The average molecular weight is 293 g/mol. The number of nitrogen functional groups attached to an aromatic ring is 1. The predicted molar refractivity (Wildman–Crippen MR) is 81.9 cm³/mol. The van der Waals surface area contributed by atoms with E-state index < -0.39 is 0 Å². The zero-order valence-electron chi connectivity index (χ0n) is 12.8. The molecule has 0 aliphatic carbocycles. The van der Waals surface area contributed by atoms with Gasteiger partial charge in [0, 0.05) is 18.7 Å². The Morgan fingerprint density at radius 3 is 2.76 bits per heavy atom. The minimum atomic E-state index is -0.190. The summed E-state index contributed by atoms with van der Waals surface area (Å²) < 4.78 is 10.4. The van der Waals surface area contributed by atoms with Crippen LogP contribution in [0.25, 0.3) is 0 Å². The van der Waals surface area contributed by atoms with Crippen molar-refractivity contribution in [3.63, 3.8) is 0 Å². The number of nitrogens with two attached hydrogens (primary N) is 1. The lowest BCUT2D eigenvalue weighted by atomic mass is 10.0. The number of likely N-dealkylation sites (N-methyl/N-ethyl adjacent to an activating group) is 1. The summed E-state index contributed by atoms with van der Waals surface area (Å²) in [4.78, 5) is 14.7. The van der Waals surface area contributed by atoms with Gasteiger partial charge in [-0.15, -0.1) is 0 Å². The standard InChI is InChI=1S/C15H23N3O3/c1-18-6-4-5-10(9-18)17-15(19)12-7-11(20-2)8-13(21-3)14(12)16/h7-8,10H,4-6,9,16H2,1-3H3,(H,17,19). The van der Waals surface area contributed by atoms with Crippen LogP contribution >= 0.6 is 0 Å². The third-order valence-corrected chi connectivity index (χ3v) is 3.78. The van der Waals surface area contributed by atoms with E-state index in [2.05, 4.69) is 17.3 Å². The Labute approximate surface area is 125 Å². The zero-order chi connectivity index (χ0) is 15.4. The molecule has 0 bridgehead atoms. The molecule has 1 aliphatic rings. The van der Waals surface area contributed by atoms with Crippen LogP contribution in [-0.4, -0.2) is 51.2 Å². The first-order valence-electron chi connectivity index (χ1n) is 7.06. The van der Waals surface area contributed by atoms with E-state index in [9.17, 15) is 4.79 Å². The van der Waals surface area contributed by atoms with Gasteiger partial charge in [-0.05, 0) is 32.5 Å². The fourth-order valence-electron chi connectivity index (χ4n) is 2.62. The number of nitrogens with one attached hydrogen (secondary N) is 1. The molecule has 1 aromatic rings. The summed E-state index contributed by atoms with van der Waals surface area (Å²) >= 11 is 0. The molecule has 1 amide bonds. The normalized spacial score (nSPS) is 19.1. The fraction of sp³-hybridized carbons (Fsp3) is 0.533. The Balaban J connectivity index is 2.18. The first-order chi connectivity index (χ1) is 10.0. The van der Waals surface area contributed by atoms with Crippen LogP contribution in [-0.2, 0) is 0 Å². The Bertz CT molecular complexity index is 519. The topological polar surface area (TPSA) is 76.8 Å². The molecule has 1 fully saturated rings. The van der Waals surface area contributed by atoms with Crippen LogP contribution in [0.15, 0.2) is 12.1 Å². The summed E-state index contributed by atoms with van der Waals surface area (Å²) in [6, 6.07) is 3.45. The SMILES string of the molecule is COc1cc(OC)c(N)c(C(=O)NC2CCCN(C)C2)c1. The Kier molecular flexibility index (Phi) is 4.90. The number of hydrogen-bond donors (Lipinski definition) is 2. The van der Waals surface area contributed by atoms with Gasteiger partial charge in [-0.1, -0.05) is 0 Å². The van der Waals surface area contributed by atoms with Crippen molar-refractivity contribution in [2.45, 2.75) is 18.9 Å². The number of carbonyl (C=O) groups is 1. The molecular formula is C15H23N3O3. The molecule has 6 nitrogen and oxygen atoms in total. The third-order valence-electron chi connectivity index (χ3n) is 3.78. The van der Waals surface area contributed by atoms with Gasteiger partial charge in [0.25, 0.3) is 5.91 Å². The summed E-state index contributed by atoms with van der Waals surface area (Å²) in [5, 5.41) is 3.04. The van der Waals surface area contributed by atoms with E-state index in [-0.39, 0.29) is 11.9 Å². The molecule has 2 rings (SSSR count). The molecule has 0 spiro atoms. The summed E-state index contributed by atoms with van der Waals surface area (Å²) in [5.74, 6) is 0.803. The number of carbonyl (C=O) groups excluding carboxylic acids is 1. The zero-order valence-corrected chi connectivity index (χ0v) is 12.8. The smallest absolute Gasteiger partial charge is 0.253 e. The van der Waals surface area contributed by atoms with Crippen LogP contribution in [0.3, 0.4) is 0 Å². The van der Waals surface area contributed by atoms with Crippen molar-refractivity contribution in [1.29, 1.82) is 0 Å². The minimum absolute atomic E-state index is 0.146. The van der Waals surface area contributed by atoms with E-state index in [0.717, 1.165) is 25.9 Å². The van der Waals surface area contributed by atoms with E-state index in [1.807, 2.05) is 0 Å². The highest BCUT2D eigenvalue weighted by Crippen LogP contribution is 2.31. The highest BCUT2D eigenvalue weighted by atomic mass is 16.5. The Morgan fingerprint density at radius 2 is 2.14 bits per heavy atom. The maximum absolute atomic E-state index is 12.5. The van der Waals surface area contributed by atoms with Gasteiger partial charge >= 0.3 is 0 Å². The number of ether oxygens (including phenoxy) is 2. The molecule has 1 atom stereocenters. The number of rotatable bonds is 4. The Hall–Kier alpha value is -1.95. The number of anilines is 1. The quantitative estimate of drug-likeness (QED) is 0.813. The number of amides is 1. The van der Waals surface area contributed by atoms with Crippen molar-refractivity contribution in [2.24, 2.45) is 0 Å². The van der Waals surface area contributed by atoms with Crippen LogP contribution in [0, 0.1) is 0 Å². The molecule has 0 aromatic heterocycles. The summed E-state index contributed by atoms with van der Waals surface area (Å²) in [7, 11) is 5.12. The van der Waals surface area contributed by atoms with E-state index in [1.165, 1.54) is 7.11 Å². The molecule has 1 aliphatic heterocycles. The second kappa shape index (κ2) is 6.67. The monoisotopic (exact) mass is 293 g/mol. The van der Waals surface area contributed by atoms with Gasteiger partial charge in [0.05, 0.1) is 25.5 Å². The van der Waals surface area contributed by atoms with Gasteiger partial charge in [-0.2, -0.15) is 0 Å². The number of nitrogens with zero attached hydrogens (tertiary/aromatic N) is 1. The maximum atomic E-state index is 12.5. The third kappa shape index (κ3) is 3.58. The van der Waals surface area contributed by atoms with E-state index in [4.69, 9.17) is 15.2 Å². The molecular weight excluding hydrogens is 270 g/mol. The van der Waals surface area contributed by atoms with Crippen molar-refractivity contribution in [3.05, 3.63) is 17.7 Å². The molecule has 0 radical (unpaired) electrons. The average Bonchev–Trinajstić information content (AvgIpc) is 2.47. The fourth-order valence-corrected chi connectivity index (χ4v) is 2.62. The second-order valence-corrected chi connectivity index (χ2v) is 5.37. The molecule has 1 saturated heterocycles. The molecule has 21 heavy (non-hydrogen) atoms. The highest BCUT2D eigenvalue weighted by molar-refractivity contribution is 6.01. The van der Waals surface area contributed by atoms with E-state index in [1.54, 1.807) is 19.2 Å². The van der Waals surface area contributed by atoms with Crippen molar-refractivity contribution in [2.75, 3.05) is 40.1 Å². The van der Waals surface area contributed by atoms with Gasteiger partial charge in [-0.3, -0.25) is 4.79 Å². The number of methoxy groups -OCH3 is 2. The van der Waals surface area contributed by atoms with E-state index in [0.29, 0.717) is 22.7 Å². The summed E-state index contributed by atoms with van der Waals surface area (Å²) in [6.45, 7) is 1.92. The predicted octanol–water partition coefficient (Wildman–Crippen LogP) is 1.11. The van der Waals surface area contributed by atoms with Crippen molar-refractivity contribution >= 4 is 11.6 Å². The molecule has 116 valence electrons. The number of likely N-dealkylation sites (tertiary alicyclic amines) is 1. The van der Waals surface area contributed by atoms with Gasteiger partial charge < -0.3 is 25.4 Å². The molecule has 1 unspecified atom stereocenters. The van der Waals surface area contributed by atoms with Gasteiger partial charge in [0.2, 0.25) is 0 Å². The molecule has 6 heteroatoms. The largest absolute Gasteiger partial charge is 0.497 e. The van der Waals surface area contributed by atoms with Crippen LogP contribution in [0.1, 0.15) is 23.2 Å². The molecule has 0 saturated carbocycles. The molecule has 1 heterocycles. The first kappa shape index (κ1) is 15.4. The van der Waals surface area contributed by atoms with Gasteiger partial charge in [0.15, 0.2) is 0 Å². The second-order valence-electron chi connectivity index (χ2n) is 5.37. The lowest BCUT2D eigenvalue weighted by Gasteiger charge is -2.30. The Morgan fingerprint density at radius 1 is 1.38 bits per heavy atom. The summed E-state index contributed by atoms with van der Waals surface area (Å²) in [6.07, 6.45) is 2.06. The number of benzene rings is 1. The van der Waals surface area contributed by atoms with Crippen LogP contribution in [0.4, 0.5) is 5.69 Å². The van der Waals surface area contributed by atoms with Crippen LogP contribution in [0.5, 0.6) is 11.5 Å². The molecule has 3 N–H and O–H groups in total. The van der Waals surface area contributed by atoms with Crippen molar-refractivity contribution in [3.8, 4) is 11.5 Å². The van der Waals surface area contributed by atoms with Gasteiger partial charge in [0.1, 0.15) is 11.5 Å². The summed E-state index contributed by atoms with van der Waals surface area (Å²) in [5.41, 5.74) is 6.72. The minimum Gasteiger partial charge on any atom is -0.497 e. The van der Waals surface area contributed by atoms with Crippen molar-refractivity contribution in [1.82, 2.24) is 10.2 Å². The lowest BCUT2D eigenvalue weighted by molar-refractivity contribution is 0.0913. The number of piperidine rings is 1. The molecule has 1 aromatic carbocycles. The highest BCUT2D eigenvalue weighted by Gasteiger charge is 2.22.